The SMILES string of the molecule is COC(=O)CC[C@@H](C)[C@H]1CC[C@H]2[C@@H]3CC[C@H]4CC5(CC[C@]4(C)[C@H]3CC[C@]12C)Oc1ccccc1O5. The average molecular weight is 481 g/mol. The van der Waals surface area contributed by atoms with Gasteiger partial charge in [0.25, 0.3) is 5.79 Å². The van der Waals surface area contributed by atoms with Crippen molar-refractivity contribution >= 4 is 5.97 Å². The second-order valence-electron chi connectivity index (χ2n) is 13.2. The van der Waals surface area contributed by atoms with Crippen LogP contribution in [0.5, 0.6) is 11.5 Å². The molecule has 1 spiro atoms. The van der Waals surface area contributed by atoms with E-state index in [1.807, 2.05) is 12.1 Å². The van der Waals surface area contributed by atoms with Crippen LogP contribution in [-0.2, 0) is 9.53 Å². The zero-order valence-corrected chi connectivity index (χ0v) is 22.2. The molecule has 4 aliphatic carbocycles. The van der Waals surface area contributed by atoms with Gasteiger partial charge < -0.3 is 14.2 Å². The number of para-hydroxylation sites is 2. The maximum atomic E-state index is 11.8. The fourth-order valence-corrected chi connectivity index (χ4v) is 10.0. The summed E-state index contributed by atoms with van der Waals surface area (Å²) in [6.45, 7) is 7.63. The van der Waals surface area contributed by atoms with E-state index in [4.69, 9.17) is 14.2 Å². The summed E-state index contributed by atoms with van der Waals surface area (Å²) in [4.78, 5) is 11.8. The van der Waals surface area contributed by atoms with Gasteiger partial charge in [0.2, 0.25) is 0 Å². The van der Waals surface area contributed by atoms with E-state index >= 15 is 0 Å². The summed E-state index contributed by atoms with van der Waals surface area (Å²) in [6.07, 6.45) is 13.0. The molecule has 1 heterocycles. The van der Waals surface area contributed by atoms with Crippen LogP contribution < -0.4 is 9.47 Å². The van der Waals surface area contributed by atoms with Gasteiger partial charge in [-0.3, -0.25) is 4.79 Å². The number of benzene rings is 1. The van der Waals surface area contributed by atoms with Gasteiger partial charge in [0.15, 0.2) is 11.5 Å². The van der Waals surface area contributed by atoms with Gasteiger partial charge in [-0.25, -0.2) is 0 Å². The first-order valence-corrected chi connectivity index (χ1v) is 14.3. The van der Waals surface area contributed by atoms with Gasteiger partial charge in [-0.05, 0) is 110 Å². The zero-order chi connectivity index (χ0) is 24.4. The van der Waals surface area contributed by atoms with Crippen molar-refractivity contribution in [2.45, 2.75) is 97.2 Å². The van der Waals surface area contributed by atoms with E-state index in [-0.39, 0.29) is 5.97 Å². The minimum absolute atomic E-state index is 0.0557. The monoisotopic (exact) mass is 480 g/mol. The molecule has 4 fully saturated rings. The van der Waals surface area contributed by atoms with Crippen LogP contribution in [0.4, 0.5) is 0 Å². The van der Waals surface area contributed by atoms with E-state index < -0.39 is 5.79 Å². The minimum atomic E-state index is -0.433. The second-order valence-corrected chi connectivity index (χ2v) is 13.2. The van der Waals surface area contributed by atoms with Crippen molar-refractivity contribution in [3.63, 3.8) is 0 Å². The molecule has 0 radical (unpaired) electrons. The zero-order valence-electron chi connectivity index (χ0n) is 22.2. The van der Waals surface area contributed by atoms with E-state index in [0.717, 1.165) is 54.4 Å². The topological polar surface area (TPSA) is 44.8 Å². The number of esters is 1. The van der Waals surface area contributed by atoms with Gasteiger partial charge in [-0.15, -0.1) is 0 Å². The van der Waals surface area contributed by atoms with Crippen molar-refractivity contribution in [1.82, 2.24) is 0 Å². The van der Waals surface area contributed by atoms with Crippen LogP contribution in [0.15, 0.2) is 24.3 Å². The van der Waals surface area contributed by atoms with Gasteiger partial charge in [0.1, 0.15) is 0 Å². The quantitative estimate of drug-likeness (QED) is 0.421. The van der Waals surface area contributed by atoms with Crippen molar-refractivity contribution < 1.29 is 19.0 Å². The Morgan fingerprint density at radius 1 is 0.971 bits per heavy atom. The Labute approximate surface area is 211 Å². The first-order chi connectivity index (χ1) is 16.8. The predicted octanol–water partition coefficient (Wildman–Crippen LogP) is 7.40. The van der Waals surface area contributed by atoms with Gasteiger partial charge in [0, 0.05) is 19.3 Å². The Balaban J connectivity index is 1.16. The molecule has 192 valence electrons. The number of carbonyl (C=O) groups is 1. The van der Waals surface area contributed by atoms with Crippen LogP contribution in [0.1, 0.15) is 91.4 Å². The lowest BCUT2D eigenvalue weighted by molar-refractivity contribution is -0.190. The van der Waals surface area contributed by atoms with Crippen LogP contribution >= 0.6 is 0 Å². The number of ether oxygens (including phenoxy) is 3. The number of rotatable bonds is 4. The molecule has 0 saturated heterocycles. The summed E-state index contributed by atoms with van der Waals surface area (Å²) in [5, 5.41) is 0. The number of carbonyl (C=O) groups excluding carboxylic acids is 1. The molecule has 35 heavy (non-hydrogen) atoms. The summed E-state index contributed by atoms with van der Waals surface area (Å²) in [6, 6.07) is 8.20. The molecule has 4 heteroatoms. The molecule has 1 aromatic rings. The summed E-state index contributed by atoms with van der Waals surface area (Å²) < 4.78 is 17.9. The highest BCUT2D eigenvalue weighted by Gasteiger charge is 2.63. The first-order valence-electron chi connectivity index (χ1n) is 14.3. The second kappa shape index (κ2) is 8.42. The maximum Gasteiger partial charge on any atom is 0.305 e. The van der Waals surface area contributed by atoms with Crippen molar-refractivity contribution in [2.24, 2.45) is 46.3 Å². The predicted molar refractivity (Wildman–Crippen MR) is 136 cm³/mol. The highest BCUT2D eigenvalue weighted by Crippen LogP contribution is 2.69. The molecule has 6 rings (SSSR count). The van der Waals surface area contributed by atoms with E-state index in [9.17, 15) is 4.79 Å². The van der Waals surface area contributed by atoms with Crippen LogP contribution in [0.3, 0.4) is 0 Å². The van der Waals surface area contributed by atoms with Crippen LogP contribution in [-0.4, -0.2) is 18.9 Å². The summed E-state index contributed by atoms with van der Waals surface area (Å²) in [7, 11) is 1.51. The molecule has 1 aromatic carbocycles. The number of fused-ring (bicyclic) bond motifs is 6. The highest BCUT2D eigenvalue weighted by atomic mass is 16.7. The number of methoxy groups -OCH3 is 1. The Morgan fingerprint density at radius 2 is 1.69 bits per heavy atom. The fraction of sp³-hybridized carbons (Fsp3) is 0.774. The molecule has 0 aromatic heterocycles. The standard InChI is InChI=1S/C31H44O4/c1-20(9-14-28(32)33-4)23-12-13-24-22-11-10-21-19-31(34-26-7-5-6-8-27(26)35-31)18-17-29(21,2)25(22)15-16-30(23,24)3/h5-8,20-25H,9-19H2,1-4H3/t20-,21+,22+,23-,24+,25+,29+,30-/m1/s1. The van der Waals surface area contributed by atoms with Gasteiger partial charge in [0.05, 0.1) is 7.11 Å². The van der Waals surface area contributed by atoms with E-state index in [2.05, 4.69) is 32.9 Å². The van der Waals surface area contributed by atoms with Crippen LogP contribution in [0.25, 0.3) is 0 Å². The lowest BCUT2D eigenvalue weighted by atomic mass is 9.44. The van der Waals surface area contributed by atoms with Crippen molar-refractivity contribution in [3.05, 3.63) is 24.3 Å². The molecule has 4 nitrogen and oxygen atoms in total. The molecule has 5 aliphatic rings. The largest absolute Gasteiger partial charge is 0.469 e. The normalized spacial score (nSPS) is 41.5. The molecular formula is C31H44O4. The van der Waals surface area contributed by atoms with E-state index in [1.165, 1.54) is 52.1 Å². The maximum absolute atomic E-state index is 11.8. The summed E-state index contributed by atoms with van der Waals surface area (Å²) >= 11 is 0. The first kappa shape index (κ1) is 23.7. The van der Waals surface area contributed by atoms with Crippen molar-refractivity contribution in [3.8, 4) is 11.5 Å². The van der Waals surface area contributed by atoms with Crippen LogP contribution in [0.2, 0.25) is 0 Å². The third-order valence-electron chi connectivity index (χ3n) is 11.9. The molecule has 0 N–H and O–H groups in total. The fourth-order valence-electron chi connectivity index (χ4n) is 10.0. The smallest absolute Gasteiger partial charge is 0.305 e. The Hall–Kier alpha value is -1.71. The number of hydrogen-bond acceptors (Lipinski definition) is 4. The molecule has 0 unspecified atom stereocenters. The molecule has 1 aliphatic heterocycles. The number of hydrogen-bond donors (Lipinski definition) is 0. The Bertz CT molecular complexity index is 947. The lowest BCUT2D eigenvalue weighted by Gasteiger charge is -2.62. The Morgan fingerprint density at radius 3 is 2.40 bits per heavy atom. The van der Waals surface area contributed by atoms with Gasteiger partial charge >= 0.3 is 5.97 Å². The van der Waals surface area contributed by atoms with E-state index in [1.54, 1.807) is 0 Å². The highest BCUT2D eigenvalue weighted by molar-refractivity contribution is 5.69. The average Bonchev–Trinajstić information content (AvgIpc) is 3.40. The minimum Gasteiger partial charge on any atom is -0.469 e. The van der Waals surface area contributed by atoms with Crippen molar-refractivity contribution in [2.75, 3.05) is 7.11 Å². The van der Waals surface area contributed by atoms with Gasteiger partial charge in [-0.2, -0.15) is 0 Å². The molecule has 8 atom stereocenters. The Kier molecular flexibility index (Phi) is 5.69. The molecule has 0 bridgehead atoms. The lowest BCUT2D eigenvalue weighted by Crippen LogP contribution is -2.57. The molecular weight excluding hydrogens is 436 g/mol. The van der Waals surface area contributed by atoms with Gasteiger partial charge in [-0.1, -0.05) is 32.9 Å². The summed E-state index contributed by atoms with van der Waals surface area (Å²) in [5.41, 5.74) is 0.848. The van der Waals surface area contributed by atoms with Crippen LogP contribution in [0, 0.1) is 46.3 Å². The third kappa shape index (κ3) is 3.63. The van der Waals surface area contributed by atoms with E-state index in [0.29, 0.717) is 29.1 Å². The molecule has 0 amide bonds. The summed E-state index contributed by atoms with van der Waals surface area (Å²) in [5.74, 6) is 5.95. The molecule has 4 saturated carbocycles. The third-order valence-corrected chi connectivity index (χ3v) is 11.9. The van der Waals surface area contributed by atoms with Crippen molar-refractivity contribution in [1.29, 1.82) is 0 Å².